The summed E-state index contributed by atoms with van der Waals surface area (Å²) >= 11 is 2.12. The van der Waals surface area contributed by atoms with Crippen molar-refractivity contribution in [3.63, 3.8) is 0 Å². The molecule has 0 bridgehead atoms. The molecule has 0 aliphatic rings. The van der Waals surface area contributed by atoms with Gasteiger partial charge in [-0.3, -0.25) is 4.79 Å². The van der Waals surface area contributed by atoms with Crippen molar-refractivity contribution < 1.29 is 13.9 Å². The Labute approximate surface area is 122 Å². The van der Waals surface area contributed by atoms with E-state index in [1.165, 1.54) is 12.1 Å². The number of primary amides is 1. The van der Waals surface area contributed by atoms with Gasteiger partial charge in [0.2, 0.25) is 0 Å². The molecule has 2 aromatic rings. The average molecular weight is 372 g/mol. The molecule has 4 N–H and O–H groups in total. The van der Waals surface area contributed by atoms with Gasteiger partial charge in [-0.05, 0) is 52.9 Å². The maximum Gasteiger partial charge on any atom is 0.251 e. The predicted octanol–water partition coefficient (Wildman–Crippen LogP) is 2.90. The Morgan fingerprint density at radius 1 is 1.21 bits per heavy atom. The Kier molecular flexibility index (Phi) is 3.89. The normalized spacial score (nSPS) is 10.2. The van der Waals surface area contributed by atoms with E-state index < -0.39 is 11.7 Å². The van der Waals surface area contributed by atoms with Gasteiger partial charge in [0, 0.05) is 9.64 Å². The summed E-state index contributed by atoms with van der Waals surface area (Å²) in [6.45, 7) is 0. The monoisotopic (exact) mass is 372 g/mol. The topological polar surface area (TPSA) is 78.3 Å². The minimum absolute atomic E-state index is 0.178. The zero-order valence-electron chi connectivity index (χ0n) is 9.69. The van der Waals surface area contributed by atoms with Crippen LogP contribution in [0.4, 0.5) is 10.1 Å². The number of anilines is 1. The number of nitrogens with two attached hydrogens (primary N) is 2. The van der Waals surface area contributed by atoms with Crippen molar-refractivity contribution >= 4 is 34.2 Å². The van der Waals surface area contributed by atoms with Crippen molar-refractivity contribution in [3.05, 3.63) is 51.3 Å². The number of halogens is 2. The molecule has 0 aliphatic heterocycles. The third-order valence-electron chi connectivity index (χ3n) is 2.41. The van der Waals surface area contributed by atoms with Crippen molar-refractivity contribution in [2.75, 3.05) is 5.73 Å². The smallest absolute Gasteiger partial charge is 0.251 e. The molecule has 0 aliphatic carbocycles. The SMILES string of the molecule is NC(=O)c1ccc(Oc2ccc(I)cc2N)cc1F. The van der Waals surface area contributed by atoms with Crippen molar-refractivity contribution in [2.24, 2.45) is 5.73 Å². The molecular formula is C13H10FIN2O2. The number of amides is 1. The zero-order chi connectivity index (χ0) is 14.0. The van der Waals surface area contributed by atoms with Gasteiger partial charge < -0.3 is 16.2 Å². The van der Waals surface area contributed by atoms with E-state index in [1.807, 2.05) is 6.07 Å². The van der Waals surface area contributed by atoms with Gasteiger partial charge in [-0.15, -0.1) is 0 Å². The molecule has 4 nitrogen and oxygen atoms in total. The highest BCUT2D eigenvalue weighted by atomic mass is 127. The summed E-state index contributed by atoms with van der Waals surface area (Å²) in [5.74, 6) is -0.881. The molecule has 2 aromatic carbocycles. The summed E-state index contributed by atoms with van der Waals surface area (Å²) in [5, 5.41) is 0. The van der Waals surface area contributed by atoms with E-state index >= 15 is 0 Å². The van der Waals surface area contributed by atoms with Gasteiger partial charge in [-0.1, -0.05) is 0 Å². The van der Waals surface area contributed by atoms with Crippen molar-refractivity contribution in [1.29, 1.82) is 0 Å². The number of ether oxygens (including phenoxy) is 1. The number of nitrogen functional groups attached to an aromatic ring is 1. The molecule has 0 saturated carbocycles. The second kappa shape index (κ2) is 5.43. The Morgan fingerprint density at radius 3 is 2.53 bits per heavy atom. The highest BCUT2D eigenvalue weighted by molar-refractivity contribution is 14.1. The van der Waals surface area contributed by atoms with Crippen LogP contribution in [0.3, 0.4) is 0 Å². The summed E-state index contributed by atoms with van der Waals surface area (Å²) in [6.07, 6.45) is 0. The van der Waals surface area contributed by atoms with Crippen LogP contribution < -0.4 is 16.2 Å². The predicted molar refractivity (Wildman–Crippen MR) is 78.6 cm³/mol. The summed E-state index contributed by atoms with van der Waals surface area (Å²) in [5.41, 5.74) is 11.1. The third kappa shape index (κ3) is 3.14. The van der Waals surface area contributed by atoms with Gasteiger partial charge in [0.25, 0.3) is 5.91 Å². The fourth-order valence-electron chi connectivity index (χ4n) is 1.50. The van der Waals surface area contributed by atoms with E-state index in [2.05, 4.69) is 22.6 Å². The molecule has 19 heavy (non-hydrogen) atoms. The molecule has 0 aromatic heterocycles. The number of hydrogen-bond acceptors (Lipinski definition) is 3. The largest absolute Gasteiger partial charge is 0.455 e. The number of hydrogen-bond donors (Lipinski definition) is 2. The van der Waals surface area contributed by atoms with E-state index in [4.69, 9.17) is 16.2 Å². The van der Waals surface area contributed by atoms with E-state index in [1.54, 1.807) is 12.1 Å². The molecule has 0 unspecified atom stereocenters. The third-order valence-corrected chi connectivity index (χ3v) is 3.08. The second-order valence-electron chi connectivity index (χ2n) is 3.79. The minimum atomic E-state index is -0.821. The summed E-state index contributed by atoms with van der Waals surface area (Å²) in [7, 11) is 0. The molecule has 2 rings (SSSR count). The average Bonchev–Trinajstić information content (AvgIpc) is 2.32. The van der Waals surface area contributed by atoms with Gasteiger partial charge in [-0.2, -0.15) is 0 Å². The van der Waals surface area contributed by atoms with E-state index in [0.717, 1.165) is 9.64 Å². The first-order chi connectivity index (χ1) is 8.97. The Hall–Kier alpha value is -1.83. The lowest BCUT2D eigenvalue weighted by Crippen LogP contribution is -2.12. The zero-order valence-corrected chi connectivity index (χ0v) is 11.8. The van der Waals surface area contributed by atoms with Gasteiger partial charge in [0.05, 0.1) is 11.3 Å². The van der Waals surface area contributed by atoms with Gasteiger partial charge in [0.1, 0.15) is 17.3 Å². The lowest BCUT2D eigenvalue weighted by atomic mass is 10.2. The Bertz CT molecular complexity index is 647. The standard InChI is InChI=1S/C13H10FIN2O2/c14-10-6-8(2-3-9(10)13(17)18)19-12-4-1-7(15)5-11(12)16/h1-6H,16H2,(H2,17,18). The van der Waals surface area contributed by atoms with Crippen LogP contribution in [-0.4, -0.2) is 5.91 Å². The van der Waals surface area contributed by atoms with Crippen LogP contribution in [0, 0.1) is 9.39 Å². The van der Waals surface area contributed by atoms with Crippen LogP contribution in [0.1, 0.15) is 10.4 Å². The van der Waals surface area contributed by atoms with E-state index in [0.29, 0.717) is 11.4 Å². The van der Waals surface area contributed by atoms with Crippen molar-refractivity contribution in [3.8, 4) is 11.5 Å². The molecule has 0 radical (unpaired) electrons. The lowest BCUT2D eigenvalue weighted by Gasteiger charge is -2.09. The molecule has 0 fully saturated rings. The van der Waals surface area contributed by atoms with Crippen LogP contribution in [0.2, 0.25) is 0 Å². The van der Waals surface area contributed by atoms with Crippen LogP contribution in [0.25, 0.3) is 0 Å². The van der Waals surface area contributed by atoms with Crippen LogP contribution in [-0.2, 0) is 0 Å². The first kappa shape index (κ1) is 13.6. The first-order valence-electron chi connectivity index (χ1n) is 5.29. The van der Waals surface area contributed by atoms with Crippen LogP contribution in [0.15, 0.2) is 36.4 Å². The minimum Gasteiger partial charge on any atom is -0.455 e. The van der Waals surface area contributed by atoms with E-state index in [-0.39, 0.29) is 11.3 Å². The van der Waals surface area contributed by atoms with Crippen LogP contribution in [0.5, 0.6) is 11.5 Å². The molecular weight excluding hydrogens is 362 g/mol. The maximum absolute atomic E-state index is 13.6. The highest BCUT2D eigenvalue weighted by Gasteiger charge is 2.10. The van der Waals surface area contributed by atoms with Gasteiger partial charge in [-0.25, -0.2) is 4.39 Å². The fourth-order valence-corrected chi connectivity index (χ4v) is 2.01. The van der Waals surface area contributed by atoms with E-state index in [9.17, 15) is 9.18 Å². The molecule has 1 amide bonds. The number of benzene rings is 2. The summed E-state index contributed by atoms with van der Waals surface area (Å²) < 4.78 is 20.0. The molecule has 0 spiro atoms. The molecule has 0 heterocycles. The molecule has 0 saturated heterocycles. The number of carbonyl (C=O) groups is 1. The fraction of sp³-hybridized carbons (Fsp3) is 0. The summed E-state index contributed by atoms with van der Waals surface area (Å²) in [4.78, 5) is 10.9. The maximum atomic E-state index is 13.6. The summed E-state index contributed by atoms with van der Waals surface area (Å²) in [6, 6.07) is 9.08. The van der Waals surface area contributed by atoms with Crippen molar-refractivity contribution in [2.45, 2.75) is 0 Å². The van der Waals surface area contributed by atoms with Gasteiger partial charge in [0.15, 0.2) is 0 Å². The second-order valence-corrected chi connectivity index (χ2v) is 5.04. The first-order valence-corrected chi connectivity index (χ1v) is 6.37. The van der Waals surface area contributed by atoms with Crippen molar-refractivity contribution in [1.82, 2.24) is 0 Å². The number of carbonyl (C=O) groups excluding carboxylic acids is 1. The van der Waals surface area contributed by atoms with Gasteiger partial charge >= 0.3 is 0 Å². The Morgan fingerprint density at radius 2 is 1.95 bits per heavy atom. The molecule has 0 atom stereocenters. The number of rotatable bonds is 3. The Balaban J connectivity index is 2.29. The quantitative estimate of drug-likeness (QED) is 0.643. The lowest BCUT2D eigenvalue weighted by molar-refractivity contribution is 0.0996. The van der Waals surface area contributed by atoms with Crippen LogP contribution >= 0.6 is 22.6 Å². The molecule has 98 valence electrons. The molecule has 6 heteroatoms. The highest BCUT2D eigenvalue weighted by Crippen LogP contribution is 2.29.